The van der Waals surface area contributed by atoms with Crippen LogP contribution in [0.15, 0.2) is 71.4 Å². The molecule has 0 bridgehead atoms. The van der Waals surface area contributed by atoms with Gasteiger partial charge in [-0.3, -0.25) is 4.79 Å². The molecule has 0 saturated heterocycles. The Bertz CT molecular complexity index is 1160. The van der Waals surface area contributed by atoms with Gasteiger partial charge in [0.15, 0.2) is 0 Å². The fraction of sp³-hybridized carbons (Fsp3) is 0.217. The summed E-state index contributed by atoms with van der Waals surface area (Å²) in [5.41, 5.74) is 1.49. The normalized spacial score (nSPS) is 11.9. The zero-order valence-electron chi connectivity index (χ0n) is 17.0. The van der Waals surface area contributed by atoms with Gasteiger partial charge in [-0.15, -0.1) is 10.2 Å². The zero-order valence-corrected chi connectivity index (χ0v) is 17.0. The molecule has 0 radical (unpaired) electrons. The molecule has 0 spiro atoms. The van der Waals surface area contributed by atoms with Crippen molar-refractivity contribution in [1.82, 2.24) is 25.1 Å². The van der Waals surface area contributed by atoms with E-state index in [1.54, 1.807) is 29.1 Å². The molecule has 1 unspecified atom stereocenters. The van der Waals surface area contributed by atoms with Crippen LogP contribution in [0.25, 0.3) is 11.5 Å². The highest BCUT2D eigenvalue weighted by Gasteiger charge is 2.21. The summed E-state index contributed by atoms with van der Waals surface area (Å²) in [4.78, 5) is 17.0. The van der Waals surface area contributed by atoms with E-state index in [-0.39, 0.29) is 18.1 Å². The average molecular weight is 419 g/mol. The minimum Gasteiger partial charge on any atom is -0.421 e. The first-order chi connectivity index (χ1) is 15.1. The van der Waals surface area contributed by atoms with E-state index in [2.05, 4.69) is 20.5 Å². The van der Waals surface area contributed by atoms with Crippen molar-refractivity contribution in [2.24, 2.45) is 7.05 Å². The number of hydrogen-bond donors (Lipinski definition) is 1. The third-order valence-corrected chi connectivity index (χ3v) is 4.89. The number of carbonyl (C=O) groups is 1. The third-order valence-electron chi connectivity index (χ3n) is 4.89. The molecule has 2 aromatic heterocycles. The molecular weight excluding hydrogens is 397 g/mol. The monoisotopic (exact) mass is 419 g/mol. The van der Waals surface area contributed by atoms with Crippen LogP contribution in [0, 0.1) is 5.82 Å². The highest BCUT2D eigenvalue weighted by atomic mass is 19.1. The Morgan fingerprint density at radius 3 is 2.74 bits per heavy atom. The van der Waals surface area contributed by atoms with E-state index < -0.39 is 6.04 Å². The molecule has 31 heavy (non-hydrogen) atoms. The highest BCUT2D eigenvalue weighted by Crippen LogP contribution is 2.22. The van der Waals surface area contributed by atoms with Crippen molar-refractivity contribution >= 4 is 5.91 Å². The molecule has 158 valence electrons. The maximum Gasteiger partial charge on any atom is 0.247 e. The molecule has 0 aliphatic rings. The summed E-state index contributed by atoms with van der Waals surface area (Å²) in [5, 5.41) is 11.1. The number of nitrogens with one attached hydrogen (secondary N) is 1. The van der Waals surface area contributed by atoms with Gasteiger partial charge in [0.25, 0.3) is 0 Å². The van der Waals surface area contributed by atoms with E-state index >= 15 is 0 Å². The fourth-order valence-electron chi connectivity index (χ4n) is 3.32. The van der Waals surface area contributed by atoms with E-state index in [4.69, 9.17) is 4.42 Å². The van der Waals surface area contributed by atoms with Gasteiger partial charge in [0.2, 0.25) is 17.7 Å². The van der Waals surface area contributed by atoms with Crippen molar-refractivity contribution in [2.45, 2.75) is 25.3 Å². The summed E-state index contributed by atoms with van der Waals surface area (Å²) >= 11 is 0. The van der Waals surface area contributed by atoms with Crippen LogP contribution in [-0.2, 0) is 18.3 Å². The smallest absolute Gasteiger partial charge is 0.247 e. The SMILES string of the molecule is Cn1ccnc1C(NC(=O)CCCc1nnc(-c2ccccc2)o1)c1cccc(F)c1. The number of aromatic nitrogens is 4. The Balaban J connectivity index is 1.37. The van der Waals surface area contributed by atoms with Crippen molar-refractivity contribution in [3.63, 3.8) is 0 Å². The lowest BCUT2D eigenvalue weighted by Gasteiger charge is -2.19. The number of imidazole rings is 1. The van der Waals surface area contributed by atoms with Gasteiger partial charge in [0, 0.05) is 37.8 Å². The van der Waals surface area contributed by atoms with E-state index in [1.165, 1.54) is 12.1 Å². The van der Waals surface area contributed by atoms with Crippen molar-refractivity contribution in [1.29, 1.82) is 0 Å². The van der Waals surface area contributed by atoms with Crippen molar-refractivity contribution in [2.75, 3.05) is 0 Å². The van der Waals surface area contributed by atoms with Crippen molar-refractivity contribution in [3.05, 3.63) is 90.1 Å². The lowest BCUT2D eigenvalue weighted by Crippen LogP contribution is -2.31. The number of rotatable bonds is 8. The van der Waals surface area contributed by atoms with Gasteiger partial charge in [0.05, 0.1) is 0 Å². The Kier molecular flexibility index (Phi) is 6.16. The second kappa shape index (κ2) is 9.34. The summed E-state index contributed by atoms with van der Waals surface area (Å²) < 4.78 is 21.2. The molecule has 0 saturated carbocycles. The number of hydrogen-bond acceptors (Lipinski definition) is 5. The highest BCUT2D eigenvalue weighted by molar-refractivity contribution is 5.76. The molecule has 1 amide bonds. The molecule has 1 N–H and O–H groups in total. The number of amides is 1. The molecule has 0 aliphatic heterocycles. The quantitative estimate of drug-likeness (QED) is 0.469. The van der Waals surface area contributed by atoms with Crippen molar-refractivity contribution in [3.8, 4) is 11.5 Å². The van der Waals surface area contributed by atoms with Crippen LogP contribution in [0.5, 0.6) is 0 Å². The number of nitrogens with zero attached hydrogens (tertiary/aromatic N) is 4. The maximum atomic E-state index is 13.8. The van der Waals surface area contributed by atoms with Gasteiger partial charge in [-0.2, -0.15) is 0 Å². The maximum absolute atomic E-state index is 13.8. The molecule has 2 heterocycles. The summed E-state index contributed by atoms with van der Waals surface area (Å²) in [6, 6.07) is 15.1. The van der Waals surface area contributed by atoms with E-state index in [0.717, 1.165) is 5.56 Å². The molecule has 7 nitrogen and oxygen atoms in total. The molecule has 1 atom stereocenters. The van der Waals surface area contributed by atoms with Gasteiger partial charge in [-0.1, -0.05) is 30.3 Å². The van der Waals surface area contributed by atoms with Crippen LogP contribution in [0.4, 0.5) is 4.39 Å². The number of aryl methyl sites for hydroxylation is 2. The minimum absolute atomic E-state index is 0.167. The first-order valence-electron chi connectivity index (χ1n) is 10.00. The van der Waals surface area contributed by atoms with Crippen LogP contribution in [-0.4, -0.2) is 25.7 Å². The van der Waals surface area contributed by atoms with Gasteiger partial charge in [0.1, 0.15) is 17.7 Å². The minimum atomic E-state index is -0.545. The first kappa shape index (κ1) is 20.5. The topological polar surface area (TPSA) is 85.8 Å². The molecule has 4 rings (SSSR count). The summed E-state index contributed by atoms with van der Waals surface area (Å²) in [7, 11) is 1.83. The molecule has 8 heteroatoms. The summed E-state index contributed by atoms with van der Waals surface area (Å²) in [6.07, 6.45) is 4.72. The van der Waals surface area contributed by atoms with Crippen LogP contribution in [0.3, 0.4) is 0 Å². The summed E-state index contributed by atoms with van der Waals surface area (Å²) in [6.45, 7) is 0. The van der Waals surface area contributed by atoms with Crippen LogP contribution in [0.1, 0.15) is 36.2 Å². The average Bonchev–Trinajstić information content (AvgIpc) is 3.42. The standard InChI is InChI=1S/C23H22FN5O2/c1-29-14-13-25-22(29)21(17-9-5-10-18(24)15-17)26-19(30)11-6-12-20-27-28-23(31-20)16-7-3-2-4-8-16/h2-5,7-10,13-15,21H,6,11-12H2,1H3,(H,26,30). The van der Waals surface area contributed by atoms with E-state index in [1.807, 2.05) is 37.4 Å². The largest absolute Gasteiger partial charge is 0.421 e. The number of carbonyl (C=O) groups excluding carboxylic acids is 1. The fourth-order valence-corrected chi connectivity index (χ4v) is 3.32. The van der Waals surface area contributed by atoms with Crippen LogP contribution < -0.4 is 5.32 Å². The predicted molar refractivity (Wildman–Crippen MR) is 112 cm³/mol. The Morgan fingerprint density at radius 2 is 2.00 bits per heavy atom. The first-order valence-corrected chi connectivity index (χ1v) is 10.00. The number of benzene rings is 2. The Labute approximate surface area is 179 Å². The third kappa shape index (κ3) is 5.03. The number of halogens is 1. The van der Waals surface area contributed by atoms with Crippen molar-refractivity contribution < 1.29 is 13.6 Å². The molecule has 0 fully saturated rings. The van der Waals surface area contributed by atoms with Gasteiger partial charge in [-0.05, 0) is 36.2 Å². The van der Waals surface area contributed by atoms with Gasteiger partial charge < -0.3 is 14.3 Å². The van der Waals surface area contributed by atoms with Gasteiger partial charge >= 0.3 is 0 Å². The summed E-state index contributed by atoms with van der Waals surface area (Å²) in [5.74, 6) is 1.04. The zero-order chi connectivity index (χ0) is 21.6. The lowest BCUT2D eigenvalue weighted by molar-refractivity contribution is -0.121. The molecule has 4 aromatic rings. The molecule has 2 aromatic carbocycles. The van der Waals surface area contributed by atoms with E-state index in [9.17, 15) is 9.18 Å². The van der Waals surface area contributed by atoms with Crippen LogP contribution >= 0.6 is 0 Å². The lowest BCUT2D eigenvalue weighted by atomic mass is 10.1. The second-order valence-electron chi connectivity index (χ2n) is 7.17. The molecular formula is C23H22FN5O2. The van der Waals surface area contributed by atoms with Crippen LogP contribution in [0.2, 0.25) is 0 Å². The molecule has 0 aliphatic carbocycles. The Hall–Kier alpha value is -3.81. The van der Waals surface area contributed by atoms with E-state index in [0.29, 0.717) is 36.0 Å². The Morgan fingerprint density at radius 1 is 1.16 bits per heavy atom. The van der Waals surface area contributed by atoms with Gasteiger partial charge in [-0.25, -0.2) is 9.37 Å². The predicted octanol–water partition coefficient (Wildman–Crippen LogP) is 3.84. The second-order valence-corrected chi connectivity index (χ2v) is 7.17.